The molecule has 1 amide bonds. The van der Waals surface area contributed by atoms with Gasteiger partial charge in [0.05, 0.1) is 6.10 Å². The fraction of sp³-hybridized carbons (Fsp3) is 0.929. The standard InChI is InChI=1S/C14H24N2O2/c1-11-9-13(11)14(17)16-6-4-15(5-7-16)10-12-3-2-8-18-12/h11-13H,2-10H2,1H3/t11-,12+,13+/m1/s1. The molecule has 1 saturated carbocycles. The highest BCUT2D eigenvalue weighted by Crippen LogP contribution is 2.39. The van der Waals surface area contributed by atoms with Crippen molar-refractivity contribution >= 4 is 5.91 Å². The molecule has 0 aromatic rings. The quantitative estimate of drug-likeness (QED) is 0.750. The van der Waals surface area contributed by atoms with Crippen molar-refractivity contribution in [2.24, 2.45) is 11.8 Å². The molecular formula is C14H24N2O2. The second kappa shape index (κ2) is 5.17. The predicted molar refractivity (Wildman–Crippen MR) is 69.3 cm³/mol. The molecular weight excluding hydrogens is 228 g/mol. The molecule has 0 radical (unpaired) electrons. The Kier molecular flexibility index (Phi) is 3.57. The van der Waals surface area contributed by atoms with Crippen LogP contribution in [-0.4, -0.2) is 61.1 Å². The molecule has 3 fully saturated rings. The monoisotopic (exact) mass is 252 g/mol. The molecule has 1 aliphatic carbocycles. The van der Waals surface area contributed by atoms with Crippen LogP contribution in [0, 0.1) is 11.8 Å². The van der Waals surface area contributed by atoms with E-state index in [1.807, 2.05) is 0 Å². The molecule has 3 aliphatic rings. The second-order valence-corrected chi connectivity index (χ2v) is 6.08. The van der Waals surface area contributed by atoms with Crippen LogP contribution in [0.5, 0.6) is 0 Å². The van der Waals surface area contributed by atoms with Gasteiger partial charge in [-0.3, -0.25) is 9.69 Å². The number of amides is 1. The number of nitrogens with zero attached hydrogens (tertiary/aromatic N) is 2. The molecule has 0 aromatic heterocycles. The van der Waals surface area contributed by atoms with Crippen molar-refractivity contribution in [3.63, 3.8) is 0 Å². The molecule has 0 N–H and O–H groups in total. The Morgan fingerprint density at radius 3 is 2.56 bits per heavy atom. The third-order valence-electron chi connectivity index (χ3n) is 4.60. The fourth-order valence-electron chi connectivity index (χ4n) is 3.13. The van der Waals surface area contributed by atoms with Crippen LogP contribution in [0.3, 0.4) is 0 Å². The van der Waals surface area contributed by atoms with Gasteiger partial charge in [-0.2, -0.15) is 0 Å². The van der Waals surface area contributed by atoms with Crippen molar-refractivity contribution < 1.29 is 9.53 Å². The maximum atomic E-state index is 12.1. The molecule has 0 bridgehead atoms. The van der Waals surface area contributed by atoms with Crippen molar-refractivity contribution in [3.05, 3.63) is 0 Å². The van der Waals surface area contributed by atoms with E-state index >= 15 is 0 Å². The molecule has 2 aliphatic heterocycles. The molecule has 2 saturated heterocycles. The average Bonchev–Trinajstić information content (AvgIpc) is 2.89. The van der Waals surface area contributed by atoms with Crippen molar-refractivity contribution in [1.29, 1.82) is 0 Å². The van der Waals surface area contributed by atoms with Gasteiger partial charge in [0, 0.05) is 45.2 Å². The summed E-state index contributed by atoms with van der Waals surface area (Å²) in [7, 11) is 0. The van der Waals surface area contributed by atoms with E-state index in [4.69, 9.17) is 4.74 Å². The second-order valence-electron chi connectivity index (χ2n) is 6.08. The van der Waals surface area contributed by atoms with Crippen LogP contribution in [0.25, 0.3) is 0 Å². The van der Waals surface area contributed by atoms with Gasteiger partial charge in [0.2, 0.25) is 5.91 Å². The zero-order valence-electron chi connectivity index (χ0n) is 11.3. The van der Waals surface area contributed by atoms with Gasteiger partial charge in [-0.15, -0.1) is 0 Å². The number of carbonyl (C=O) groups excluding carboxylic acids is 1. The van der Waals surface area contributed by atoms with Crippen molar-refractivity contribution in [2.45, 2.75) is 32.3 Å². The molecule has 4 nitrogen and oxygen atoms in total. The lowest BCUT2D eigenvalue weighted by Crippen LogP contribution is -2.50. The van der Waals surface area contributed by atoms with E-state index in [0.29, 0.717) is 23.8 Å². The highest BCUT2D eigenvalue weighted by molar-refractivity contribution is 5.81. The molecule has 102 valence electrons. The maximum Gasteiger partial charge on any atom is 0.226 e. The molecule has 0 unspecified atom stereocenters. The Labute approximate surface area is 109 Å². The van der Waals surface area contributed by atoms with Gasteiger partial charge in [-0.05, 0) is 25.2 Å². The lowest BCUT2D eigenvalue weighted by atomic mass is 10.2. The van der Waals surface area contributed by atoms with Crippen LogP contribution >= 0.6 is 0 Å². The summed E-state index contributed by atoms with van der Waals surface area (Å²) in [5.41, 5.74) is 0. The molecule has 3 atom stereocenters. The van der Waals surface area contributed by atoms with E-state index in [1.54, 1.807) is 0 Å². The summed E-state index contributed by atoms with van der Waals surface area (Å²) in [6.07, 6.45) is 3.96. The van der Waals surface area contributed by atoms with E-state index in [9.17, 15) is 4.79 Å². The fourth-order valence-corrected chi connectivity index (χ4v) is 3.13. The largest absolute Gasteiger partial charge is 0.377 e. The van der Waals surface area contributed by atoms with Crippen LogP contribution in [-0.2, 0) is 9.53 Å². The molecule has 0 aromatic carbocycles. The number of ether oxygens (including phenoxy) is 1. The van der Waals surface area contributed by atoms with Gasteiger partial charge in [0.15, 0.2) is 0 Å². The molecule has 18 heavy (non-hydrogen) atoms. The highest BCUT2D eigenvalue weighted by Gasteiger charge is 2.42. The summed E-state index contributed by atoms with van der Waals surface area (Å²) < 4.78 is 5.67. The Hall–Kier alpha value is -0.610. The Bertz CT molecular complexity index is 307. The SMILES string of the molecule is C[C@@H]1C[C@@H]1C(=O)N1CCN(C[C@@H]2CCCO2)CC1. The zero-order valence-corrected chi connectivity index (χ0v) is 11.3. The molecule has 2 heterocycles. The summed E-state index contributed by atoms with van der Waals surface area (Å²) in [5, 5.41) is 0. The Morgan fingerprint density at radius 2 is 2.00 bits per heavy atom. The van der Waals surface area contributed by atoms with Gasteiger partial charge < -0.3 is 9.64 Å². The number of hydrogen-bond donors (Lipinski definition) is 0. The first-order valence-electron chi connectivity index (χ1n) is 7.37. The third kappa shape index (κ3) is 2.69. The predicted octanol–water partition coefficient (Wildman–Crippen LogP) is 0.966. The van der Waals surface area contributed by atoms with E-state index in [2.05, 4.69) is 16.7 Å². The minimum absolute atomic E-state index is 0.342. The number of hydrogen-bond acceptors (Lipinski definition) is 3. The third-order valence-corrected chi connectivity index (χ3v) is 4.60. The van der Waals surface area contributed by atoms with E-state index in [1.165, 1.54) is 12.8 Å². The van der Waals surface area contributed by atoms with E-state index in [0.717, 1.165) is 45.8 Å². The molecule has 3 rings (SSSR count). The summed E-state index contributed by atoms with van der Waals surface area (Å²) >= 11 is 0. The zero-order chi connectivity index (χ0) is 12.5. The highest BCUT2D eigenvalue weighted by atomic mass is 16.5. The van der Waals surface area contributed by atoms with Gasteiger partial charge in [0.1, 0.15) is 0 Å². The number of rotatable bonds is 3. The average molecular weight is 252 g/mol. The Morgan fingerprint density at radius 1 is 1.28 bits per heavy atom. The first-order chi connectivity index (χ1) is 8.74. The van der Waals surface area contributed by atoms with Crippen LogP contribution in [0.2, 0.25) is 0 Å². The molecule has 4 heteroatoms. The normalized spacial score (nSPS) is 36.9. The van der Waals surface area contributed by atoms with Crippen molar-refractivity contribution in [3.8, 4) is 0 Å². The lowest BCUT2D eigenvalue weighted by Gasteiger charge is -2.35. The minimum Gasteiger partial charge on any atom is -0.377 e. The summed E-state index contributed by atoms with van der Waals surface area (Å²) in [6.45, 7) is 8.03. The summed E-state index contributed by atoms with van der Waals surface area (Å²) in [6, 6.07) is 0. The number of piperazine rings is 1. The van der Waals surface area contributed by atoms with Gasteiger partial charge in [-0.1, -0.05) is 6.92 Å². The van der Waals surface area contributed by atoms with Crippen molar-refractivity contribution in [2.75, 3.05) is 39.3 Å². The van der Waals surface area contributed by atoms with Crippen LogP contribution in [0.4, 0.5) is 0 Å². The van der Waals surface area contributed by atoms with Crippen LogP contribution in [0.15, 0.2) is 0 Å². The van der Waals surface area contributed by atoms with Crippen molar-refractivity contribution in [1.82, 2.24) is 9.80 Å². The number of carbonyl (C=O) groups is 1. The molecule has 0 spiro atoms. The Balaban J connectivity index is 1.41. The maximum absolute atomic E-state index is 12.1. The lowest BCUT2D eigenvalue weighted by molar-refractivity contribution is -0.134. The van der Waals surface area contributed by atoms with Crippen LogP contribution in [0.1, 0.15) is 26.2 Å². The smallest absolute Gasteiger partial charge is 0.226 e. The van der Waals surface area contributed by atoms with E-state index in [-0.39, 0.29) is 0 Å². The van der Waals surface area contributed by atoms with Gasteiger partial charge in [-0.25, -0.2) is 0 Å². The minimum atomic E-state index is 0.342. The van der Waals surface area contributed by atoms with E-state index < -0.39 is 0 Å². The summed E-state index contributed by atoms with van der Waals surface area (Å²) in [5.74, 6) is 1.37. The first-order valence-corrected chi connectivity index (χ1v) is 7.37. The van der Waals surface area contributed by atoms with Crippen LogP contribution < -0.4 is 0 Å². The summed E-state index contributed by atoms with van der Waals surface area (Å²) in [4.78, 5) is 16.6. The topological polar surface area (TPSA) is 32.8 Å². The first kappa shape index (κ1) is 12.4. The van der Waals surface area contributed by atoms with Gasteiger partial charge >= 0.3 is 0 Å². The van der Waals surface area contributed by atoms with Gasteiger partial charge in [0.25, 0.3) is 0 Å².